The van der Waals surface area contributed by atoms with Crippen molar-refractivity contribution in [1.82, 2.24) is 9.47 Å². The lowest BCUT2D eigenvalue weighted by molar-refractivity contribution is -0.137. The topological polar surface area (TPSA) is 82.8 Å². The first-order valence-corrected chi connectivity index (χ1v) is 11.7. The first-order valence-electron chi connectivity index (χ1n) is 11.7. The summed E-state index contributed by atoms with van der Waals surface area (Å²) in [6.07, 6.45) is 3.42. The van der Waals surface area contributed by atoms with E-state index < -0.39 is 11.9 Å². The number of anilines is 1. The summed E-state index contributed by atoms with van der Waals surface area (Å²) in [6.45, 7) is 4.62. The maximum absolute atomic E-state index is 13.6. The summed E-state index contributed by atoms with van der Waals surface area (Å²) in [5.74, 6) is -1.35. The van der Waals surface area contributed by atoms with Crippen molar-refractivity contribution in [2.75, 3.05) is 18.0 Å². The zero-order chi connectivity index (χ0) is 24.4. The molecule has 178 valence electrons. The number of fused-ring (bicyclic) bond motifs is 2. The summed E-state index contributed by atoms with van der Waals surface area (Å²) in [5.41, 5.74) is 4.30. The summed E-state index contributed by atoms with van der Waals surface area (Å²) < 4.78 is 2.06. The smallest absolute Gasteiger partial charge is 0.305 e. The number of aliphatic carboxylic acids is 1. The Labute approximate surface area is 199 Å². The predicted molar refractivity (Wildman–Crippen MR) is 132 cm³/mol. The van der Waals surface area contributed by atoms with Crippen molar-refractivity contribution >= 4 is 34.4 Å². The number of hydrogen-bond donors (Lipinski definition) is 1. The van der Waals surface area contributed by atoms with Gasteiger partial charge in [0.05, 0.1) is 24.2 Å². The van der Waals surface area contributed by atoms with Gasteiger partial charge in [-0.15, -0.1) is 0 Å². The number of rotatable bonds is 8. The number of benzene rings is 2. The summed E-state index contributed by atoms with van der Waals surface area (Å²) in [6, 6.07) is 13.9. The Morgan fingerprint density at radius 1 is 1.06 bits per heavy atom. The summed E-state index contributed by atoms with van der Waals surface area (Å²) >= 11 is 0. The van der Waals surface area contributed by atoms with Crippen molar-refractivity contribution in [2.24, 2.45) is 13.0 Å². The highest BCUT2D eigenvalue weighted by Gasteiger charge is 2.34. The molecule has 0 fully saturated rings. The van der Waals surface area contributed by atoms with Gasteiger partial charge in [-0.25, -0.2) is 0 Å². The van der Waals surface area contributed by atoms with E-state index in [9.17, 15) is 14.4 Å². The van der Waals surface area contributed by atoms with Crippen LogP contribution in [0.2, 0.25) is 0 Å². The van der Waals surface area contributed by atoms with Gasteiger partial charge in [-0.1, -0.05) is 44.2 Å². The molecule has 2 aromatic carbocycles. The summed E-state index contributed by atoms with van der Waals surface area (Å²) in [4.78, 5) is 41.1. The summed E-state index contributed by atoms with van der Waals surface area (Å²) in [5, 5.41) is 10.3. The average Bonchev–Trinajstić information content (AvgIpc) is 3.07. The summed E-state index contributed by atoms with van der Waals surface area (Å²) in [7, 11) is 1.99. The van der Waals surface area contributed by atoms with Crippen LogP contribution in [-0.4, -0.2) is 45.4 Å². The van der Waals surface area contributed by atoms with Crippen LogP contribution in [0.3, 0.4) is 0 Å². The maximum Gasteiger partial charge on any atom is 0.305 e. The molecule has 4 rings (SSSR count). The highest BCUT2D eigenvalue weighted by molar-refractivity contribution is 6.12. The molecule has 0 saturated carbocycles. The predicted octanol–water partition coefficient (Wildman–Crippen LogP) is 4.23. The van der Waals surface area contributed by atoms with Crippen LogP contribution in [0, 0.1) is 5.92 Å². The molecule has 1 N–H and O–H groups in total. The molecular weight excluding hydrogens is 430 g/mol. The fraction of sp³-hybridized carbons (Fsp3) is 0.370. The molecule has 1 aromatic heterocycles. The second kappa shape index (κ2) is 9.71. The standard InChI is InChI=1S/C27H31N3O4/c1-18(2)11-12-19-7-6-10-23-26(19)27(34)30(14-13-25(32)33)24(31)17-29(23)16-20-15-28(3)22-9-5-4-8-21(20)22/h4-10,15,18H,11-14,16-17H2,1-3H3,(H,32,33). The first-order chi connectivity index (χ1) is 16.3. The SMILES string of the molecule is CC(C)CCc1cccc2c1C(=O)N(CCC(=O)O)C(=O)CN2Cc1cn(C)c2ccccc12. The van der Waals surface area contributed by atoms with Gasteiger partial charge in [-0.05, 0) is 42.0 Å². The molecule has 7 nitrogen and oxygen atoms in total. The van der Waals surface area contributed by atoms with Gasteiger partial charge < -0.3 is 14.6 Å². The van der Waals surface area contributed by atoms with Crippen molar-refractivity contribution in [1.29, 1.82) is 0 Å². The normalized spacial score (nSPS) is 14.1. The van der Waals surface area contributed by atoms with Crippen LogP contribution in [-0.2, 0) is 29.6 Å². The third-order valence-electron chi connectivity index (χ3n) is 6.44. The number of imide groups is 1. The van der Waals surface area contributed by atoms with Crippen LogP contribution in [0.5, 0.6) is 0 Å². The first kappa shape index (κ1) is 23.5. The number of nitrogens with zero attached hydrogens (tertiary/aromatic N) is 3. The van der Waals surface area contributed by atoms with Gasteiger partial charge in [0.25, 0.3) is 5.91 Å². The Morgan fingerprint density at radius 3 is 2.56 bits per heavy atom. The molecule has 1 aliphatic heterocycles. The van der Waals surface area contributed by atoms with Gasteiger partial charge >= 0.3 is 5.97 Å². The third kappa shape index (κ3) is 4.69. The fourth-order valence-corrected chi connectivity index (χ4v) is 4.66. The number of carboxylic acids is 1. The molecular formula is C27H31N3O4. The number of aromatic nitrogens is 1. The molecule has 0 atom stereocenters. The number of carbonyl (C=O) groups is 3. The molecule has 2 heterocycles. The third-order valence-corrected chi connectivity index (χ3v) is 6.44. The van der Waals surface area contributed by atoms with Crippen LogP contribution in [0.15, 0.2) is 48.7 Å². The van der Waals surface area contributed by atoms with Crippen LogP contribution >= 0.6 is 0 Å². The second-order valence-corrected chi connectivity index (χ2v) is 9.38. The average molecular weight is 462 g/mol. The van der Waals surface area contributed by atoms with E-state index in [2.05, 4.69) is 36.7 Å². The van der Waals surface area contributed by atoms with Crippen molar-refractivity contribution in [3.8, 4) is 0 Å². The molecule has 3 aromatic rings. The molecule has 34 heavy (non-hydrogen) atoms. The Bertz CT molecular complexity index is 1240. The van der Waals surface area contributed by atoms with Gasteiger partial charge in [0, 0.05) is 37.2 Å². The van der Waals surface area contributed by atoms with E-state index in [4.69, 9.17) is 5.11 Å². The minimum absolute atomic E-state index is 0.00914. The van der Waals surface area contributed by atoms with Crippen molar-refractivity contribution in [3.05, 3.63) is 65.4 Å². The zero-order valence-corrected chi connectivity index (χ0v) is 20.0. The molecule has 0 bridgehead atoms. The van der Waals surface area contributed by atoms with E-state index >= 15 is 0 Å². The molecule has 0 radical (unpaired) electrons. The fourth-order valence-electron chi connectivity index (χ4n) is 4.66. The Balaban J connectivity index is 1.78. The van der Waals surface area contributed by atoms with Crippen molar-refractivity contribution in [2.45, 2.75) is 39.7 Å². The lowest BCUT2D eigenvalue weighted by Gasteiger charge is -2.24. The minimum atomic E-state index is -1.04. The number of para-hydroxylation sites is 1. The van der Waals surface area contributed by atoms with Crippen LogP contribution in [0.1, 0.15) is 48.2 Å². The Morgan fingerprint density at radius 2 is 1.82 bits per heavy atom. The van der Waals surface area contributed by atoms with Gasteiger partial charge in [0.15, 0.2) is 0 Å². The van der Waals surface area contributed by atoms with E-state index in [1.54, 1.807) is 0 Å². The highest BCUT2D eigenvalue weighted by atomic mass is 16.4. The van der Waals surface area contributed by atoms with Gasteiger partial charge in [0.2, 0.25) is 5.91 Å². The van der Waals surface area contributed by atoms with Crippen LogP contribution < -0.4 is 4.90 Å². The molecule has 7 heteroatoms. The van der Waals surface area contributed by atoms with Gasteiger partial charge in [-0.3, -0.25) is 19.3 Å². The molecule has 0 saturated heterocycles. The number of carboxylic acid groups (broad SMARTS) is 1. The van der Waals surface area contributed by atoms with E-state index in [0.717, 1.165) is 45.5 Å². The Hall–Kier alpha value is -3.61. The minimum Gasteiger partial charge on any atom is -0.481 e. The quantitative estimate of drug-likeness (QED) is 0.508. The number of amides is 2. The molecule has 0 aliphatic carbocycles. The van der Waals surface area contributed by atoms with E-state index in [1.165, 1.54) is 0 Å². The monoisotopic (exact) mass is 461 g/mol. The van der Waals surface area contributed by atoms with Crippen LogP contribution in [0.4, 0.5) is 5.69 Å². The lowest BCUT2D eigenvalue weighted by Crippen LogP contribution is -2.41. The van der Waals surface area contributed by atoms with Gasteiger partial charge in [-0.2, -0.15) is 0 Å². The van der Waals surface area contributed by atoms with Crippen LogP contribution in [0.25, 0.3) is 10.9 Å². The number of carbonyl (C=O) groups excluding carboxylic acids is 2. The van der Waals surface area contributed by atoms with E-state index in [1.807, 2.05) is 42.3 Å². The van der Waals surface area contributed by atoms with E-state index in [0.29, 0.717) is 18.0 Å². The second-order valence-electron chi connectivity index (χ2n) is 9.38. The van der Waals surface area contributed by atoms with Gasteiger partial charge in [0.1, 0.15) is 0 Å². The van der Waals surface area contributed by atoms with Crippen molar-refractivity contribution < 1.29 is 19.5 Å². The zero-order valence-electron chi connectivity index (χ0n) is 20.0. The molecule has 1 aliphatic rings. The number of hydrogen-bond acceptors (Lipinski definition) is 4. The molecule has 0 unspecified atom stereocenters. The maximum atomic E-state index is 13.6. The van der Waals surface area contributed by atoms with E-state index in [-0.39, 0.29) is 25.4 Å². The Kier molecular flexibility index (Phi) is 6.72. The van der Waals surface area contributed by atoms with Crippen molar-refractivity contribution in [3.63, 3.8) is 0 Å². The highest BCUT2D eigenvalue weighted by Crippen LogP contribution is 2.32. The lowest BCUT2D eigenvalue weighted by atomic mass is 9.96. The number of aryl methyl sites for hydroxylation is 2. The molecule has 2 amide bonds. The largest absolute Gasteiger partial charge is 0.481 e. The molecule has 0 spiro atoms.